The molecule has 0 aliphatic carbocycles. The number of carbonyl (C=O) groups is 1. The molecule has 1 heterocycles. The predicted octanol–water partition coefficient (Wildman–Crippen LogP) is 5.16. The van der Waals surface area contributed by atoms with Crippen molar-refractivity contribution in [3.63, 3.8) is 0 Å². The molecule has 0 aliphatic rings. The number of nitrogens with zero attached hydrogens (tertiary/aromatic N) is 1. The van der Waals surface area contributed by atoms with Gasteiger partial charge in [0.15, 0.2) is 5.78 Å². The lowest BCUT2D eigenvalue weighted by atomic mass is 9.95. The molecule has 2 aromatic rings. The Morgan fingerprint density at radius 3 is 2.21 bits per heavy atom. The molecule has 0 aliphatic heterocycles. The number of benzene rings is 1. The molecule has 2 radical (unpaired) electrons. The van der Waals surface area contributed by atoms with Gasteiger partial charge in [-0.25, -0.2) is 0 Å². The molecule has 1 aromatic carbocycles. The Balaban J connectivity index is 2.16. The van der Waals surface area contributed by atoms with E-state index in [-0.39, 0.29) is 16.4 Å². The van der Waals surface area contributed by atoms with Crippen molar-refractivity contribution in [2.75, 3.05) is 0 Å². The minimum Gasteiger partial charge on any atom is -0.408 e. The number of carbonyl (C=O) groups excluding carboxylic acids is 1. The van der Waals surface area contributed by atoms with Gasteiger partial charge in [-0.1, -0.05) is 45.0 Å². The Hall–Kier alpha value is -1.30. The smallest absolute Gasteiger partial charge is 0.236 e. The van der Waals surface area contributed by atoms with Gasteiger partial charge in [-0.3, -0.25) is 9.78 Å². The third-order valence-corrected chi connectivity index (χ3v) is 5.08. The zero-order chi connectivity index (χ0) is 18.0. The predicted molar refractivity (Wildman–Crippen MR) is 101 cm³/mol. The third-order valence-electron chi connectivity index (χ3n) is 3.42. The van der Waals surface area contributed by atoms with Gasteiger partial charge in [-0.05, 0) is 46.4 Å². The summed E-state index contributed by atoms with van der Waals surface area (Å²) in [6.07, 6.45) is 3.24. The largest absolute Gasteiger partial charge is 0.408 e. The summed E-state index contributed by atoms with van der Waals surface area (Å²) < 4.78 is 6.90. The van der Waals surface area contributed by atoms with Crippen LogP contribution in [0.2, 0.25) is 5.04 Å². The number of aromatic nitrogens is 1. The minimum atomic E-state index is -0.384. The maximum Gasteiger partial charge on any atom is 0.236 e. The summed E-state index contributed by atoms with van der Waals surface area (Å²) in [7, 11) is 0.407. The Morgan fingerprint density at radius 2 is 1.67 bits per heavy atom. The van der Waals surface area contributed by atoms with E-state index in [9.17, 15) is 4.79 Å². The van der Waals surface area contributed by atoms with Gasteiger partial charge in [-0.15, -0.1) is 0 Å². The Bertz CT molecular complexity index is 721. The van der Waals surface area contributed by atoms with Gasteiger partial charge in [0, 0.05) is 28.0 Å². The Morgan fingerprint density at radius 1 is 1.04 bits per heavy atom. The summed E-state index contributed by atoms with van der Waals surface area (Å²) in [6.45, 7) is 10.6. The minimum absolute atomic E-state index is 0.0364. The van der Waals surface area contributed by atoms with Crippen LogP contribution >= 0.6 is 15.9 Å². The summed E-state index contributed by atoms with van der Waals surface area (Å²) >= 11 is 3.34. The number of rotatable bonds is 5. The second-order valence-electron chi connectivity index (χ2n) is 7.26. The average Bonchev–Trinajstić information content (AvgIpc) is 2.52. The SMILES string of the molecule is CC(C)(C)[Si]OC(C)(C)c1ccc(C(=O)c2cncc(Br)c2)cc1. The number of ketones is 1. The number of hydrogen-bond donors (Lipinski definition) is 0. The fourth-order valence-corrected chi connectivity index (χ4v) is 3.11. The molecule has 0 atom stereocenters. The highest BCUT2D eigenvalue weighted by Crippen LogP contribution is 2.29. The van der Waals surface area contributed by atoms with Gasteiger partial charge >= 0.3 is 0 Å². The second-order valence-corrected chi connectivity index (χ2v) is 10.1. The lowest BCUT2D eigenvalue weighted by molar-refractivity contribution is 0.103. The molecule has 0 bridgehead atoms. The normalized spacial score (nSPS) is 12.2. The highest BCUT2D eigenvalue weighted by molar-refractivity contribution is 9.10. The summed E-state index contributed by atoms with van der Waals surface area (Å²) in [4.78, 5) is 16.6. The molecular weight excluding hydrogens is 382 g/mol. The van der Waals surface area contributed by atoms with E-state index in [1.54, 1.807) is 18.5 Å². The summed E-state index contributed by atoms with van der Waals surface area (Å²) in [5, 5.41) is 0.140. The second kappa shape index (κ2) is 7.29. The summed E-state index contributed by atoms with van der Waals surface area (Å²) in [6, 6.07) is 9.41. The van der Waals surface area contributed by atoms with Crippen molar-refractivity contribution >= 4 is 31.5 Å². The number of halogens is 1. The lowest BCUT2D eigenvalue weighted by Crippen LogP contribution is -2.27. The lowest BCUT2D eigenvalue weighted by Gasteiger charge is -2.29. The van der Waals surface area contributed by atoms with Crippen LogP contribution in [0.25, 0.3) is 0 Å². The van der Waals surface area contributed by atoms with E-state index < -0.39 is 0 Å². The van der Waals surface area contributed by atoms with E-state index in [0.717, 1.165) is 10.0 Å². The van der Waals surface area contributed by atoms with E-state index in [1.165, 1.54) is 0 Å². The first kappa shape index (κ1) is 19.0. The van der Waals surface area contributed by atoms with Crippen LogP contribution in [-0.4, -0.2) is 20.5 Å². The van der Waals surface area contributed by atoms with Crippen LogP contribution in [0.5, 0.6) is 0 Å². The van der Waals surface area contributed by atoms with Crippen LogP contribution in [0.4, 0.5) is 0 Å². The molecule has 0 unspecified atom stereocenters. The molecule has 126 valence electrons. The van der Waals surface area contributed by atoms with Crippen LogP contribution in [0.15, 0.2) is 47.2 Å². The number of pyridine rings is 1. The van der Waals surface area contributed by atoms with Crippen molar-refractivity contribution in [1.29, 1.82) is 0 Å². The molecule has 5 heteroatoms. The van der Waals surface area contributed by atoms with Crippen molar-refractivity contribution in [2.24, 2.45) is 0 Å². The van der Waals surface area contributed by atoms with E-state index in [4.69, 9.17) is 4.43 Å². The summed E-state index contributed by atoms with van der Waals surface area (Å²) in [5.74, 6) is -0.0364. The fraction of sp³-hybridized carbons (Fsp3) is 0.368. The maximum atomic E-state index is 12.5. The molecule has 24 heavy (non-hydrogen) atoms. The van der Waals surface area contributed by atoms with E-state index in [0.29, 0.717) is 20.9 Å². The highest BCUT2D eigenvalue weighted by atomic mass is 79.9. The Labute approximate surface area is 154 Å². The number of hydrogen-bond acceptors (Lipinski definition) is 3. The zero-order valence-corrected chi connectivity index (χ0v) is 17.3. The van der Waals surface area contributed by atoms with Gasteiger partial charge in [0.25, 0.3) is 0 Å². The van der Waals surface area contributed by atoms with Crippen LogP contribution in [0, 0.1) is 0 Å². The van der Waals surface area contributed by atoms with E-state index >= 15 is 0 Å². The molecule has 0 N–H and O–H groups in total. The van der Waals surface area contributed by atoms with Crippen molar-refractivity contribution in [3.05, 3.63) is 63.9 Å². The van der Waals surface area contributed by atoms with Crippen LogP contribution in [0.1, 0.15) is 56.1 Å². The molecule has 0 fully saturated rings. The van der Waals surface area contributed by atoms with Crippen molar-refractivity contribution < 1.29 is 9.22 Å². The van der Waals surface area contributed by atoms with Crippen LogP contribution in [-0.2, 0) is 10.0 Å². The third kappa shape index (κ3) is 5.10. The van der Waals surface area contributed by atoms with Crippen molar-refractivity contribution in [2.45, 2.75) is 45.3 Å². The molecule has 0 saturated carbocycles. The van der Waals surface area contributed by atoms with Crippen molar-refractivity contribution in [1.82, 2.24) is 4.98 Å². The molecule has 0 amide bonds. The molecular formula is C19H22BrNO2Si. The first-order chi connectivity index (χ1) is 11.1. The van der Waals surface area contributed by atoms with Gasteiger partial charge in [0.05, 0.1) is 5.60 Å². The van der Waals surface area contributed by atoms with Gasteiger partial charge < -0.3 is 4.43 Å². The first-order valence-corrected chi connectivity index (χ1v) is 9.50. The van der Waals surface area contributed by atoms with Gasteiger partial charge in [-0.2, -0.15) is 0 Å². The first-order valence-electron chi connectivity index (χ1n) is 7.79. The van der Waals surface area contributed by atoms with E-state index in [2.05, 4.69) is 55.5 Å². The molecule has 0 spiro atoms. The summed E-state index contributed by atoms with van der Waals surface area (Å²) in [5.41, 5.74) is 1.89. The Kier molecular flexibility index (Phi) is 5.78. The van der Waals surface area contributed by atoms with E-state index in [1.807, 2.05) is 24.3 Å². The fourth-order valence-electron chi connectivity index (χ4n) is 2.07. The standard InChI is InChI=1S/C19H22BrNO2Si/c1-18(2,3)24-23-19(4,5)15-8-6-13(7-9-15)17(22)14-10-16(20)12-21-11-14/h6-12H,1-5H3. The van der Waals surface area contributed by atoms with Crippen LogP contribution in [0.3, 0.4) is 0 Å². The van der Waals surface area contributed by atoms with Gasteiger partial charge in [0.1, 0.15) is 0 Å². The topological polar surface area (TPSA) is 39.2 Å². The molecule has 1 aromatic heterocycles. The van der Waals surface area contributed by atoms with Crippen molar-refractivity contribution in [3.8, 4) is 0 Å². The maximum absolute atomic E-state index is 12.5. The molecule has 3 nitrogen and oxygen atoms in total. The average molecular weight is 404 g/mol. The quantitative estimate of drug-likeness (QED) is 0.510. The van der Waals surface area contributed by atoms with Gasteiger partial charge in [0.2, 0.25) is 9.76 Å². The monoisotopic (exact) mass is 403 g/mol. The molecule has 2 rings (SSSR count). The highest BCUT2D eigenvalue weighted by Gasteiger charge is 2.25. The molecule has 0 saturated heterocycles. The zero-order valence-electron chi connectivity index (χ0n) is 14.7. The van der Waals surface area contributed by atoms with Crippen LogP contribution < -0.4 is 0 Å².